The first-order valence-corrected chi connectivity index (χ1v) is 8.53. The van der Waals surface area contributed by atoms with Crippen LogP contribution >= 0.6 is 0 Å². The number of carbonyl (C=O) groups excluding carboxylic acids is 1. The minimum Gasteiger partial charge on any atom is -0.493 e. The Kier molecular flexibility index (Phi) is 5.77. The van der Waals surface area contributed by atoms with Gasteiger partial charge in [0.15, 0.2) is 17.3 Å². The van der Waals surface area contributed by atoms with Crippen LogP contribution < -0.4 is 9.47 Å². The second kappa shape index (κ2) is 8.42. The molecule has 1 heterocycles. The van der Waals surface area contributed by atoms with Gasteiger partial charge in [0, 0.05) is 17.7 Å². The van der Waals surface area contributed by atoms with Gasteiger partial charge in [0.25, 0.3) is 5.69 Å². The van der Waals surface area contributed by atoms with Gasteiger partial charge in [-0.15, -0.1) is 0 Å². The molecule has 0 N–H and O–H groups in total. The third-order valence-electron chi connectivity index (χ3n) is 4.16. The lowest BCUT2D eigenvalue weighted by Crippen LogP contribution is -2.09. The number of carbonyl (C=O) groups is 1. The zero-order valence-corrected chi connectivity index (χ0v) is 16.0. The second-order valence-corrected chi connectivity index (χ2v) is 6.11. The Hall–Kier alpha value is -3.88. The first kappa shape index (κ1) is 19.9. The molecule has 0 aliphatic heterocycles. The number of nitrogens with zero attached hydrogens (tertiary/aromatic N) is 2. The Bertz CT molecular complexity index is 1040. The van der Waals surface area contributed by atoms with Crippen LogP contribution in [0.2, 0.25) is 0 Å². The van der Waals surface area contributed by atoms with E-state index in [4.69, 9.17) is 18.7 Å². The molecular weight excluding hydrogens is 380 g/mol. The summed E-state index contributed by atoms with van der Waals surface area (Å²) in [5, 5.41) is 15.2. The Morgan fingerprint density at radius 3 is 2.38 bits per heavy atom. The van der Waals surface area contributed by atoms with E-state index < -0.39 is 16.6 Å². The highest BCUT2D eigenvalue weighted by Gasteiger charge is 2.26. The van der Waals surface area contributed by atoms with Crippen molar-refractivity contribution in [2.24, 2.45) is 0 Å². The van der Waals surface area contributed by atoms with Gasteiger partial charge in [-0.2, -0.15) is 0 Å². The summed E-state index contributed by atoms with van der Waals surface area (Å²) in [6.07, 6.45) is 0. The van der Waals surface area contributed by atoms with Gasteiger partial charge in [0.1, 0.15) is 17.9 Å². The molecule has 1 aromatic heterocycles. The van der Waals surface area contributed by atoms with E-state index in [1.807, 2.05) is 31.2 Å². The van der Waals surface area contributed by atoms with Gasteiger partial charge < -0.3 is 18.7 Å². The monoisotopic (exact) mass is 398 g/mol. The van der Waals surface area contributed by atoms with Crippen molar-refractivity contribution in [1.82, 2.24) is 5.16 Å². The van der Waals surface area contributed by atoms with Gasteiger partial charge in [0.2, 0.25) is 0 Å². The van der Waals surface area contributed by atoms with Gasteiger partial charge in [0.05, 0.1) is 25.2 Å². The zero-order chi connectivity index (χ0) is 21.0. The third kappa shape index (κ3) is 4.34. The van der Waals surface area contributed by atoms with Crippen molar-refractivity contribution in [3.63, 3.8) is 0 Å². The van der Waals surface area contributed by atoms with Crippen LogP contribution in [0.4, 0.5) is 5.69 Å². The maximum absolute atomic E-state index is 12.4. The summed E-state index contributed by atoms with van der Waals surface area (Å²) in [6, 6.07) is 11.6. The molecule has 0 amide bonds. The van der Waals surface area contributed by atoms with Crippen LogP contribution in [0.25, 0.3) is 11.3 Å². The van der Waals surface area contributed by atoms with Crippen LogP contribution in [0.3, 0.4) is 0 Å². The zero-order valence-electron chi connectivity index (χ0n) is 16.0. The number of methoxy groups -OCH3 is 2. The van der Waals surface area contributed by atoms with Crippen LogP contribution in [-0.4, -0.2) is 30.3 Å². The highest BCUT2D eigenvalue weighted by Crippen LogP contribution is 2.35. The first-order chi connectivity index (χ1) is 13.9. The summed E-state index contributed by atoms with van der Waals surface area (Å²) in [5.74, 6) is -0.0613. The summed E-state index contributed by atoms with van der Waals surface area (Å²) in [6.45, 7) is 1.77. The van der Waals surface area contributed by atoms with E-state index in [-0.39, 0.29) is 23.7 Å². The second-order valence-electron chi connectivity index (χ2n) is 6.11. The van der Waals surface area contributed by atoms with Crippen molar-refractivity contribution in [3.8, 4) is 22.8 Å². The fraction of sp³-hybridized carbons (Fsp3) is 0.200. The fourth-order valence-electron chi connectivity index (χ4n) is 2.63. The number of benzene rings is 2. The lowest BCUT2D eigenvalue weighted by molar-refractivity contribution is -0.385. The van der Waals surface area contributed by atoms with Crippen LogP contribution in [0.1, 0.15) is 21.6 Å². The summed E-state index contributed by atoms with van der Waals surface area (Å²) in [5.41, 5.74) is 1.61. The number of ether oxygens (including phenoxy) is 3. The van der Waals surface area contributed by atoms with Crippen molar-refractivity contribution in [2.75, 3.05) is 14.2 Å². The van der Waals surface area contributed by atoms with Gasteiger partial charge in [-0.25, -0.2) is 4.79 Å². The minimum absolute atomic E-state index is 0.134. The van der Waals surface area contributed by atoms with Gasteiger partial charge in [-0.1, -0.05) is 35.0 Å². The molecule has 0 unspecified atom stereocenters. The van der Waals surface area contributed by atoms with Gasteiger partial charge >= 0.3 is 5.97 Å². The number of nitro benzene ring substituents is 1. The van der Waals surface area contributed by atoms with E-state index in [1.165, 1.54) is 20.3 Å². The van der Waals surface area contributed by atoms with E-state index in [9.17, 15) is 14.9 Å². The molecule has 0 fully saturated rings. The lowest BCUT2D eigenvalue weighted by atomic mass is 10.1. The Morgan fingerprint density at radius 1 is 1.10 bits per heavy atom. The van der Waals surface area contributed by atoms with Crippen LogP contribution in [-0.2, 0) is 11.3 Å². The van der Waals surface area contributed by atoms with Crippen molar-refractivity contribution < 1.29 is 28.5 Å². The van der Waals surface area contributed by atoms with E-state index in [0.717, 1.165) is 17.2 Å². The van der Waals surface area contributed by atoms with Crippen LogP contribution in [0.15, 0.2) is 47.0 Å². The number of aryl methyl sites for hydroxylation is 1. The number of esters is 1. The molecule has 0 aliphatic rings. The Balaban J connectivity index is 1.77. The summed E-state index contributed by atoms with van der Waals surface area (Å²) in [7, 11) is 2.70. The van der Waals surface area contributed by atoms with Crippen LogP contribution in [0.5, 0.6) is 11.5 Å². The average Bonchev–Trinajstić information content (AvgIpc) is 3.20. The molecule has 9 nitrogen and oxygen atoms in total. The average molecular weight is 398 g/mol. The number of aromatic nitrogens is 1. The maximum atomic E-state index is 12.4. The maximum Gasteiger partial charge on any atom is 0.345 e. The number of hydrogen-bond donors (Lipinski definition) is 0. The Morgan fingerprint density at radius 2 is 1.76 bits per heavy atom. The summed E-state index contributed by atoms with van der Waals surface area (Å²) in [4.78, 5) is 23.1. The molecular formula is C20H18N2O7. The van der Waals surface area contributed by atoms with E-state index >= 15 is 0 Å². The highest BCUT2D eigenvalue weighted by molar-refractivity contribution is 5.95. The highest BCUT2D eigenvalue weighted by atomic mass is 16.6. The topological polar surface area (TPSA) is 114 Å². The first-order valence-electron chi connectivity index (χ1n) is 8.53. The molecule has 150 valence electrons. The van der Waals surface area contributed by atoms with Crippen molar-refractivity contribution in [3.05, 3.63) is 69.4 Å². The van der Waals surface area contributed by atoms with Crippen LogP contribution in [0, 0.1) is 17.0 Å². The van der Waals surface area contributed by atoms with E-state index in [2.05, 4.69) is 5.16 Å². The smallest absolute Gasteiger partial charge is 0.345 e. The van der Waals surface area contributed by atoms with Crippen molar-refractivity contribution in [1.29, 1.82) is 0 Å². The predicted octanol–water partition coefficient (Wildman–Crippen LogP) is 3.93. The van der Waals surface area contributed by atoms with E-state index in [1.54, 1.807) is 6.07 Å². The Labute approximate surface area is 165 Å². The predicted molar refractivity (Wildman–Crippen MR) is 102 cm³/mol. The SMILES string of the molecule is COc1cc(C(=O)OCc2cc(-c3ccc(C)cc3)on2)c([N+](=O)[O-])cc1OC. The molecule has 0 saturated carbocycles. The number of nitro groups is 1. The largest absolute Gasteiger partial charge is 0.493 e. The molecule has 0 aliphatic carbocycles. The van der Waals surface area contributed by atoms with Gasteiger partial charge in [-0.05, 0) is 6.92 Å². The molecule has 0 radical (unpaired) electrons. The van der Waals surface area contributed by atoms with Crippen molar-refractivity contribution >= 4 is 11.7 Å². The summed E-state index contributed by atoms with van der Waals surface area (Å²) >= 11 is 0. The van der Waals surface area contributed by atoms with E-state index in [0.29, 0.717) is 11.5 Å². The summed E-state index contributed by atoms with van der Waals surface area (Å²) < 4.78 is 20.6. The molecule has 3 rings (SSSR count). The van der Waals surface area contributed by atoms with Gasteiger partial charge in [-0.3, -0.25) is 10.1 Å². The molecule has 0 saturated heterocycles. The molecule has 2 aromatic carbocycles. The quantitative estimate of drug-likeness (QED) is 0.334. The third-order valence-corrected chi connectivity index (χ3v) is 4.16. The molecule has 3 aromatic rings. The standard InChI is InChI=1S/C20H18N2O7/c1-12-4-6-13(7-5-12)17-8-14(21-29-17)11-28-20(23)15-9-18(26-2)19(27-3)10-16(15)22(24)25/h4-10H,11H2,1-3H3. The normalized spacial score (nSPS) is 10.4. The fourth-order valence-corrected chi connectivity index (χ4v) is 2.63. The molecule has 29 heavy (non-hydrogen) atoms. The molecule has 9 heteroatoms. The molecule has 0 bridgehead atoms. The number of hydrogen-bond acceptors (Lipinski definition) is 8. The number of rotatable bonds is 7. The molecule has 0 atom stereocenters. The van der Waals surface area contributed by atoms with Crippen molar-refractivity contribution in [2.45, 2.75) is 13.5 Å². The minimum atomic E-state index is -0.891. The lowest BCUT2D eigenvalue weighted by Gasteiger charge is -2.10. The molecule has 0 spiro atoms.